The van der Waals surface area contributed by atoms with Gasteiger partial charge >= 0.3 is 0 Å². The van der Waals surface area contributed by atoms with E-state index in [0.29, 0.717) is 5.56 Å². The van der Waals surface area contributed by atoms with E-state index in [1.165, 1.54) is 32.7 Å². The van der Waals surface area contributed by atoms with Gasteiger partial charge in [-0.2, -0.15) is 5.26 Å². The summed E-state index contributed by atoms with van der Waals surface area (Å²) < 4.78 is 4.61. The molecule has 8 rings (SSSR count). The predicted molar refractivity (Wildman–Crippen MR) is 200 cm³/mol. The molecule has 0 atom stereocenters. The first-order valence-electron chi connectivity index (χ1n) is 16.6. The summed E-state index contributed by atoms with van der Waals surface area (Å²) >= 11 is 0. The zero-order valence-corrected chi connectivity index (χ0v) is 28.3. The van der Waals surface area contributed by atoms with E-state index in [-0.39, 0.29) is 10.8 Å². The number of fused-ring (bicyclic) bond motifs is 6. The molecule has 0 aliphatic carbocycles. The molecular weight excluding hydrogens is 585 g/mol. The lowest BCUT2D eigenvalue weighted by Gasteiger charge is -2.20. The van der Waals surface area contributed by atoms with Gasteiger partial charge in [0, 0.05) is 27.1 Å². The fourth-order valence-electron chi connectivity index (χ4n) is 7.11. The van der Waals surface area contributed by atoms with Gasteiger partial charge in [0.05, 0.1) is 45.6 Å². The molecule has 0 saturated heterocycles. The number of rotatable bonds is 3. The van der Waals surface area contributed by atoms with E-state index < -0.39 is 0 Å². The first kappa shape index (κ1) is 29.7. The zero-order valence-electron chi connectivity index (χ0n) is 28.3. The van der Waals surface area contributed by atoms with Gasteiger partial charge in [-0.25, -0.2) is 4.98 Å². The molecule has 0 unspecified atom stereocenters. The Morgan fingerprint density at radius 1 is 0.542 bits per heavy atom. The SMILES string of the molecule is CC(C)(C)c1ccc2c(c1)c1ccccc1n2-c1cc(-c2cccc(C#N)c2)c(-n2c3ccccc3c3cc(C(C)(C)C)ccc32)cn1. The maximum Gasteiger partial charge on any atom is 0.138 e. The van der Waals surface area contributed by atoms with Gasteiger partial charge < -0.3 is 4.57 Å². The van der Waals surface area contributed by atoms with Crippen molar-refractivity contribution in [2.24, 2.45) is 0 Å². The minimum absolute atomic E-state index is 0.0272. The molecule has 0 saturated carbocycles. The quantitative estimate of drug-likeness (QED) is 0.197. The molecule has 8 aromatic rings. The first-order chi connectivity index (χ1) is 23.0. The normalized spacial score (nSPS) is 12.4. The highest BCUT2D eigenvalue weighted by Gasteiger charge is 2.22. The summed E-state index contributed by atoms with van der Waals surface area (Å²) in [6, 6.07) is 43.3. The van der Waals surface area contributed by atoms with Crippen LogP contribution in [0.4, 0.5) is 0 Å². The van der Waals surface area contributed by atoms with E-state index >= 15 is 0 Å². The summed E-state index contributed by atoms with van der Waals surface area (Å²) in [5, 5.41) is 14.7. The third kappa shape index (κ3) is 4.69. The van der Waals surface area contributed by atoms with Crippen molar-refractivity contribution in [3.8, 4) is 28.7 Å². The highest BCUT2D eigenvalue weighted by molar-refractivity contribution is 6.11. The molecule has 4 heteroatoms. The average Bonchev–Trinajstić information content (AvgIpc) is 3.59. The van der Waals surface area contributed by atoms with Gasteiger partial charge in [0.25, 0.3) is 0 Å². The van der Waals surface area contributed by atoms with Crippen LogP contribution in [-0.2, 0) is 10.8 Å². The van der Waals surface area contributed by atoms with Crippen molar-refractivity contribution in [2.75, 3.05) is 0 Å². The molecule has 0 aliphatic rings. The number of nitrogens with zero attached hydrogens (tertiary/aromatic N) is 4. The van der Waals surface area contributed by atoms with Crippen molar-refractivity contribution in [3.05, 3.63) is 138 Å². The Morgan fingerprint density at radius 2 is 1.08 bits per heavy atom. The molecule has 0 aliphatic heterocycles. The Balaban J connectivity index is 1.45. The number of hydrogen-bond acceptors (Lipinski definition) is 2. The molecule has 0 N–H and O–H groups in total. The maximum absolute atomic E-state index is 9.89. The van der Waals surface area contributed by atoms with Crippen molar-refractivity contribution in [1.82, 2.24) is 14.1 Å². The number of nitriles is 1. The lowest BCUT2D eigenvalue weighted by atomic mass is 9.86. The minimum Gasteiger partial charge on any atom is -0.307 e. The largest absolute Gasteiger partial charge is 0.307 e. The summed E-state index contributed by atoms with van der Waals surface area (Å²) in [6.07, 6.45) is 2.01. The van der Waals surface area contributed by atoms with Crippen LogP contribution in [0.2, 0.25) is 0 Å². The van der Waals surface area contributed by atoms with Crippen LogP contribution in [0, 0.1) is 11.3 Å². The smallest absolute Gasteiger partial charge is 0.138 e. The molecule has 3 aromatic heterocycles. The highest BCUT2D eigenvalue weighted by Crippen LogP contribution is 2.40. The molecular formula is C44H38N4. The van der Waals surface area contributed by atoms with Crippen LogP contribution in [0.5, 0.6) is 0 Å². The van der Waals surface area contributed by atoms with Crippen LogP contribution >= 0.6 is 0 Å². The van der Waals surface area contributed by atoms with Crippen molar-refractivity contribution in [2.45, 2.75) is 52.4 Å². The maximum atomic E-state index is 9.89. The average molecular weight is 623 g/mol. The zero-order chi connectivity index (χ0) is 33.4. The van der Waals surface area contributed by atoms with E-state index in [1.54, 1.807) is 0 Å². The van der Waals surface area contributed by atoms with Crippen molar-refractivity contribution in [3.63, 3.8) is 0 Å². The number of pyridine rings is 1. The molecule has 0 spiro atoms. The number of hydrogen-bond donors (Lipinski definition) is 0. The Hall–Kier alpha value is -5.66. The van der Waals surface area contributed by atoms with Gasteiger partial charge in [-0.1, -0.05) is 102 Å². The van der Waals surface area contributed by atoms with Crippen LogP contribution in [0.3, 0.4) is 0 Å². The topological polar surface area (TPSA) is 46.5 Å². The summed E-state index contributed by atoms with van der Waals surface area (Å²) in [6.45, 7) is 13.5. The highest BCUT2D eigenvalue weighted by atomic mass is 15.1. The summed E-state index contributed by atoms with van der Waals surface area (Å²) in [7, 11) is 0. The molecule has 0 amide bonds. The van der Waals surface area contributed by atoms with E-state index in [2.05, 4.69) is 154 Å². The molecule has 4 nitrogen and oxygen atoms in total. The van der Waals surface area contributed by atoms with Crippen LogP contribution in [0.25, 0.3) is 66.2 Å². The van der Waals surface area contributed by atoms with E-state index in [1.807, 2.05) is 24.4 Å². The Morgan fingerprint density at radius 3 is 1.67 bits per heavy atom. The number of para-hydroxylation sites is 2. The van der Waals surface area contributed by atoms with Crippen LogP contribution in [0.15, 0.2) is 121 Å². The number of aromatic nitrogens is 3. The fourth-order valence-corrected chi connectivity index (χ4v) is 7.11. The van der Waals surface area contributed by atoms with Gasteiger partial charge in [-0.15, -0.1) is 0 Å². The van der Waals surface area contributed by atoms with Crippen molar-refractivity contribution >= 4 is 43.6 Å². The molecule has 3 heterocycles. The van der Waals surface area contributed by atoms with Gasteiger partial charge in [0.2, 0.25) is 0 Å². The Kier molecular flexibility index (Phi) is 6.62. The first-order valence-corrected chi connectivity index (χ1v) is 16.6. The molecule has 48 heavy (non-hydrogen) atoms. The molecule has 0 bridgehead atoms. The van der Waals surface area contributed by atoms with E-state index in [4.69, 9.17) is 4.98 Å². The fraction of sp³-hybridized carbons (Fsp3) is 0.182. The second-order valence-corrected chi connectivity index (χ2v) is 14.9. The second kappa shape index (κ2) is 10.7. The van der Waals surface area contributed by atoms with E-state index in [0.717, 1.165) is 44.7 Å². The number of benzene rings is 5. The summed E-state index contributed by atoms with van der Waals surface area (Å²) in [5.74, 6) is 0.835. The third-order valence-corrected chi connectivity index (χ3v) is 9.72. The minimum atomic E-state index is 0.0272. The van der Waals surface area contributed by atoms with Gasteiger partial charge in [0.15, 0.2) is 0 Å². The Labute approximate surface area is 281 Å². The standard InChI is InChI=1S/C44H38N4/c1-43(2,3)30-18-20-39-35(23-30)32-14-7-9-16-37(32)47(39)41-27-46-42(25-34(41)29-13-11-12-28(22-29)26-45)48-38-17-10-8-15-33(38)36-24-31(44(4,5)6)19-21-40(36)48/h7-25,27H,1-6H3. The lowest BCUT2D eigenvalue weighted by Crippen LogP contribution is -2.10. The third-order valence-electron chi connectivity index (χ3n) is 9.72. The summed E-state index contributed by atoms with van der Waals surface area (Å²) in [5.41, 5.74) is 10.7. The van der Waals surface area contributed by atoms with Gasteiger partial charge in [-0.3, -0.25) is 4.57 Å². The molecule has 0 fully saturated rings. The lowest BCUT2D eigenvalue weighted by molar-refractivity contribution is 0.591. The summed E-state index contributed by atoms with van der Waals surface area (Å²) in [4.78, 5) is 5.22. The van der Waals surface area contributed by atoms with Gasteiger partial charge in [-0.05, 0) is 82.1 Å². The monoisotopic (exact) mass is 622 g/mol. The second-order valence-electron chi connectivity index (χ2n) is 14.9. The van der Waals surface area contributed by atoms with Gasteiger partial charge in [0.1, 0.15) is 5.82 Å². The van der Waals surface area contributed by atoms with Crippen LogP contribution in [-0.4, -0.2) is 14.1 Å². The molecule has 234 valence electrons. The van der Waals surface area contributed by atoms with Crippen LogP contribution in [0.1, 0.15) is 58.2 Å². The Bertz CT molecular complexity index is 2590. The van der Waals surface area contributed by atoms with Crippen LogP contribution < -0.4 is 0 Å². The molecule has 0 radical (unpaired) electrons. The van der Waals surface area contributed by atoms with Crippen molar-refractivity contribution < 1.29 is 0 Å². The molecule has 5 aromatic carbocycles. The van der Waals surface area contributed by atoms with Crippen molar-refractivity contribution in [1.29, 1.82) is 5.26 Å². The van der Waals surface area contributed by atoms with E-state index in [9.17, 15) is 5.26 Å². The predicted octanol–water partition coefficient (Wildman–Crippen LogP) is 11.4.